The van der Waals surface area contributed by atoms with Crippen molar-refractivity contribution in [1.82, 2.24) is 5.32 Å². The summed E-state index contributed by atoms with van der Waals surface area (Å²) in [7, 11) is 0. The first-order valence-electron chi connectivity index (χ1n) is 8.72. The number of nitrogens with one attached hydrogen (secondary N) is 1. The van der Waals surface area contributed by atoms with Gasteiger partial charge in [-0.05, 0) is 56.8 Å². The molecule has 2 aliphatic carbocycles. The van der Waals surface area contributed by atoms with E-state index in [2.05, 4.69) is 12.2 Å². The Morgan fingerprint density at radius 1 is 1.10 bits per heavy atom. The molecule has 0 aromatic rings. The minimum Gasteiger partial charge on any atom is -0.353 e. The molecule has 0 saturated heterocycles. The van der Waals surface area contributed by atoms with Gasteiger partial charge in [0.1, 0.15) is 0 Å². The summed E-state index contributed by atoms with van der Waals surface area (Å²) in [4.78, 5) is 12.0. The predicted molar refractivity (Wildman–Crippen MR) is 83.3 cm³/mol. The van der Waals surface area contributed by atoms with Crippen molar-refractivity contribution in [2.45, 2.75) is 89.6 Å². The predicted octanol–water partition coefficient (Wildman–Crippen LogP) is 3.37. The lowest BCUT2D eigenvalue weighted by Gasteiger charge is -2.29. The molecule has 116 valence electrons. The molecule has 2 atom stereocenters. The van der Waals surface area contributed by atoms with Crippen LogP contribution < -0.4 is 11.1 Å². The summed E-state index contributed by atoms with van der Waals surface area (Å²) >= 11 is 0. The fourth-order valence-corrected chi connectivity index (χ4v) is 3.94. The van der Waals surface area contributed by atoms with Crippen molar-refractivity contribution in [2.24, 2.45) is 17.6 Å². The van der Waals surface area contributed by atoms with Gasteiger partial charge in [0, 0.05) is 18.5 Å². The fraction of sp³-hybridized carbons (Fsp3) is 0.941. The highest BCUT2D eigenvalue weighted by molar-refractivity contribution is 5.76. The molecule has 1 amide bonds. The third-order valence-corrected chi connectivity index (χ3v) is 5.39. The molecular weight excluding hydrogens is 248 g/mol. The SMILES string of the molecule is CCC1CCC(NC(=O)CCC2CCCC(N)C2)CC1. The molecule has 3 N–H and O–H groups in total. The quantitative estimate of drug-likeness (QED) is 0.811. The van der Waals surface area contributed by atoms with Gasteiger partial charge in [-0.2, -0.15) is 0 Å². The van der Waals surface area contributed by atoms with Crippen molar-refractivity contribution >= 4 is 5.91 Å². The van der Waals surface area contributed by atoms with Crippen LogP contribution in [0, 0.1) is 11.8 Å². The molecule has 0 aromatic carbocycles. The maximum Gasteiger partial charge on any atom is 0.220 e. The zero-order chi connectivity index (χ0) is 14.4. The highest BCUT2D eigenvalue weighted by atomic mass is 16.1. The number of amides is 1. The Labute approximate surface area is 124 Å². The summed E-state index contributed by atoms with van der Waals surface area (Å²) in [6.07, 6.45) is 12.8. The Hall–Kier alpha value is -0.570. The van der Waals surface area contributed by atoms with Crippen LogP contribution in [0.25, 0.3) is 0 Å². The first kappa shape index (κ1) is 15.8. The molecule has 0 heterocycles. The van der Waals surface area contributed by atoms with Crippen molar-refractivity contribution in [3.63, 3.8) is 0 Å². The Kier molecular flexibility index (Phi) is 6.34. The van der Waals surface area contributed by atoms with E-state index in [0.717, 1.165) is 18.8 Å². The van der Waals surface area contributed by atoms with E-state index in [1.807, 2.05) is 0 Å². The van der Waals surface area contributed by atoms with Crippen LogP contribution in [0.1, 0.15) is 77.6 Å². The van der Waals surface area contributed by atoms with Crippen LogP contribution in [0.5, 0.6) is 0 Å². The Morgan fingerprint density at radius 2 is 1.85 bits per heavy atom. The Bertz CT molecular complexity index is 297. The van der Waals surface area contributed by atoms with Crippen molar-refractivity contribution in [3.05, 3.63) is 0 Å². The topological polar surface area (TPSA) is 55.1 Å². The van der Waals surface area contributed by atoms with Crippen LogP contribution >= 0.6 is 0 Å². The van der Waals surface area contributed by atoms with Gasteiger partial charge in [0.05, 0.1) is 0 Å². The molecule has 3 nitrogen and oxygen atoms in total. The van der Waals surface area contributed by atoms with Gasteiger partial charge >= 0.3 is 0 Å². The van der Waals surface area contributed by atoms with E-state index in [4.69, 9.17) is 5.73 Å². The minimum atomic E-state index is 0.268. The lowest BCUT2D eigenvalue weighted by atomic mass is 9.83. The largest absolute Gasteiger partial charge is 0.353 e. The molecule has 0 aromatic heterocycles. The minimum absolute atomic E-state index is 0.268. The molecule has 2 rings (SSSR count). The maximum atomic E-state index is 12.0. The molecule has 2 unspecified atom stereocenters. The molecule has 2 fully saturated rings. The smallest absolute Gasteiger partial charge is 0.220 e. The molecule has 0 aliphatic heterocycles. The second-order valence-corrected chi connectivity index (χ2v) is 7.02. The molecular formula is C17H32N2O. The van der Waals surface area contributed by atoms with Gasteiger partial charge in [0.25, 0.3) is 0 Å². The molecule has 2 saturated carbocycles. The third kappa shape index (κ3) is 5.08. The van der Waals surface area contributed by atoms with E-state index in [9.17, 15) is 4.79 Å². The molecule has 0 radical (unpaired) electrons. The van der Waals surface area contributed by atoms with Gasteiger partial charge in [-0.15, -0.1) is 0 Å². The van der Waals surface area contributed by atoms with Crippen LogP contribution in [-0.2, 0) is 4.79 Å². The van der Waals surface area contributed by atoms with E-state index in [1.54, 1.807) is 0 Å². The zero-order valence-electron chi connectivity index (χ0n) is 13.1. The Balaban J connectivity index is 1.60. The average molecular weight is 280 g/mol. The summed E-state index contributed by atoms with van der Waals surface area (Å²) in [5.41, 5.74) is 6.01. The van der Waals surface area contributed by atoms with Gasteiger partial charge < -0.3 is 11.1 Å². The van der Waals surface area contributed by atoms with E-state index >= 15 is 0 Å². The van der Waals surface area contributed by atoms with Crippen LogP contribution in [0.4, 0.5) is 0 Å². The summed E-state index contributed by atoms with van der Waals surface area (Å²) in [6.45, 7) is 2.28. The average Bonchev–Trinajstić information content (AvgIpc) is 2.46. The normalized spacial score (nSPS) is 34.7. The molecule has 0 spiro atoms. The summed E-state index contributed by atoms with van der Waals surface area (Å²) < 4.78 is 0. The van der Waals surface area contributed by atoms with Gasteiger partial charge in [0.15, 0.2) is 0 Å². The van der Waals surface area contributed by atoms with Crippen LogP contribution in [0.2, 0.25) is 0 Å². The zero-order valence-corrected chi connectivity index (χ0v) is 13.1. The number of carbonyl (C=O) groups is 1. The standard InChI is InChI=1S/C17H32N2O/c1-2-13-6-9-16(10-7-13)19-17(20)11-8-14-4-3-5-15(18)12-14/h13-16H,2-12,18H2,1H3,(H,19,20). The van der Waals surface area contributed by atoms with Crippen molar-refractivity contribution in [1.29, 1.82) is 0 Å². The van der Waals surface area contributed by atoms with Crippen molar-refractivity contribution < 1.29 is 4.79 Å². The van der Waals surface area contributed by atoms with Crippen molar-refractivity contribution in [2.75, 3.05) is 0 Å². The summed E-state index contributed by atoms with van der Waals surface area (Å²) in [5, 5.41) is 3.24. The monoisotopic (exact) mass is 280 g/mol. The number of hydrogen-bond acceptors (Lipinski definition) is 2. The molecule has 2 aliphatic rings. The molecule has 0 bridgehead atoms. The van der Waals surface area contributed by atoms with E-state index in [0.29, 0.717) is 24.4 Å². The lowest BCUT2D eigenvalue weighted by Crippen LogP contribution is -2.38. The number of carbonyl (C=O) groups excluding carboxylic acids is 1. The number of nitrogens with two attached hydrogens (primary N) is 1. The van der Waals surface area contributed by atoms with Gasteiger partial charge in [-0.1, -0.05) is 26.2 Å². The van der Waals surface area contributed by atoms with E-state index in [-0.39, 0.29) is 5.91 Å². The second kappa shape index (κ2) is 8.02. The van der Waals surface area contributed by atoms with E-state index in [1.165, 1.54) is 51.4 Å². The molecule has 3 heteroatoms. The summed E-state index contributed by atoms with van der Waals surface area (Å²) in [6, 6.07) is 0.819. The molecule has 20 heavy (non-hydrogen) atoms. The summed E-state index contributed by atoms with van der Waals surface area (Å²) in [5.74, 6) is 1.84. The van der Waals surface area contributed by atoms with Crippen LogP contribution in [0.15, 0.2) is 0 Å². The highest BCUT2D eigenvalue weighted by Gasteiger charge is 2.23. The lowest BCUT2D eigenvalue weighted by molar-refractivity contribution is -0.122. The number of rotatable bonds is 5. The first-order chi connectivity index (χ1) is 9.67. The van der Waals surface area contributed by atoms with Crippen molar-refractivity contribution in [3.8, 4) is 0 Å². The first-order valence-corrected chi connectivity index (χ1v) is 8.72. The van der Waals surface area contributed by atoms with Crippen LogP contribution in [-0.4, -0.2) is 18.0 Å². The Morgan fingerprint density at radius 3 is 2.50 bits per heavy atom. The van der Waals surface area contributed by atoms with Gasteiger partial charge in [-0.3, -0.25) is 4.79 Å². The van der Waals surface area contributed by atoms with Gasteiger partial charge in [0.2, 0.25) is 5.91 Å². The highest BCUT2D eigenvalue weighted by Crippen LogP contribution is 2.28. The van der Waals surface area contributed by atoms with Gasteiger partial charge in [-0.25, -0.2) is 0 Å². The van der Waals surface area contributed by atoms with Crippen LogP contribution in [0.3, 0.4) is 0 Å². The second-order valence-electron chi connectivity index (χ2n) is 7.02. The maximum absolute atomic E-state index is 12.0. The van der Waals surface area contributed by atoms with E-state index < -0.39 is 0 Å². The fourth-order valence-electron chi connectivity index (χ4n) is 3.94. The number of hydrogen-bond donors (Lipinski definition) is 2. The third-order valence-electron chi connectivity index (χ3n) is 5.39.